The molecule has 14 atom stereocenters. The molecular weight excluding hydrogens is 799 g/mol. The van der Waals surface area contributed by atoms with E-state index < -0.39 is 53.7 Å². The number of rotatable bonds is 6. The molecule has 4 aliphatic rings. The summed E-state index contributed by atoms with van der Waals surface area (Å²) in [5.41, 5.74) is 2.01. The molecule has 0 aromatic heterocycles. The lowest BCUT2D eigenvalue weighted by molar-refractivity contribution is -0.265. The number of fused-ring (bicyclic) bond motifs is 3. The molecule has 11 nitrogen and oxygen atoms in total. The normalized spacial score (nSPS) is 40.1. The van der Waals surface area contributed by atoms with E-state index in [2.05, 4.69) is 46.8 Å². The van der Waals surface area contributed by atoms with Gasteiger partial charge in [0.15, 0.2) is 5.78 Å². The molecule has 2 bridgehead atoms. The maximum Gasteiger partial charge on any atom is 0.329 e. The Morgan fingerprint density at radius 2 is 1.54 bits per heavy atom. The van der Waals surface area contributed by atoms with Gasteiger partial charge in [0.25, 0.3) is 11.7 Å². The number of amides is 1. The summed E-state index contributed by atoms with van der Waals surface area (Å²) in [6, 6.07) is -0.949. The lowest BCUT2D eigenvalue weighted by atomic mass is 9.79. The zero-order chi connectivity index (χ0) is 46.4. The lowest BCUT2D eigenvalue weighted by Crippen LogP contribution is -2.61. The molecule has 0 radical (unpaired) electrons. The van der Waals surface area contributed by atoms with Crippen molar-refractivity contribution in [3.05, 3.63) is 47.6 Å². The van der Waals surface area contributed by atoms with Gasteiger partial charge in [-0.2, -0.15) is 0 Å². The van der Waals surface area contributed by atoms with Crippen molar-refractivity contribution in [2.75, 3.05) is 27.9 Å². The standard InChI is InChI=1S/C52H83NO10/c1-33-18-13-12-14-19-35(3)46(60-10)32-43-25-24-39(7)52(58,63-43)49(55)50(56)53-27-16-15-22-44(53)51(57)62-45(37(5)30-41-20-17-21-42(31-41)59-9)26-23-34(2)28-36(4)40(8)48(61-11)47(54)38(6)29-33/h12-14,18-19,28,33-34,37-46,48,58H,15-17,20-27,29-32H2,1-11H3/b14-12+,18-13+,35-19+,36-28+/t33-,34+,37-,38-,39-,40-,41+,42+,43+,44+,45+,46+,48-,52-/m1/s1. The number of ketones is 2. The van der Waals surface area contributed by atoms with Crippen molar-refractivity contribution in [2.24, 2.45) is 41.4 Å². The van der Waals surface area contributed by atoms with Crippen LogP contribution in [0.15, 0.2) is 47.6 Å². The molecule has 3 heterocycles. The van der Waals surface area contributed by atoms with E-state index in [9.17, 15) is 24.3 Å². The van der Waals surface area contributed by atoms with E-state index in [1.807, 2.05) is 38.2 Å². The number of carbonyl (C=O) groups is 4. The van der Waals surface area contributed by atoms with Gasteiger partial charge in [0.05, 0.1) is 18.3 Å². The van der Waals surface area contributed by atoms with Crippen LogP contribution in [0.4, 0.5) is 0 Å². The van der Waals surface area contributed by atoms with Gasteiger partial charge in [0.2, 0.25) is 5.79 Å². The molecule has 11 heteroatoms. The monoisotopic (exact) mass is 882 g/mol. The van der Waals surface area contributed by atoms with Crippen molar-refractivity contribution in [3.63, 3.8) is 0 Å². The lowest BCUT2D eigenvalue weighted by Gasteiger charge is -2.42. The van der Waals surface area contributed by atoms with E-state index in [1.165, 1.54) is 4.90 Å². The Morgan fingerprint density at radius 1 is 0.794 bits per heavy atom. The summed E-state index contributed by atoms with van der Waals surface area (Å²) in [5.74, 6) is -4.89. The highest BCUT2D eigenvalue weighted by Gasteiger charge is 2.53. The van der Waals surface area contributed by atoms with Crippen LogP contribution in [0, 0.1) is 41.4 Å². The Morgan fingerprint density at radius 3 is 2.24 bits per heavy atom. The number of cyclic esters (lactones) is 1. The van der Waals surface area contributed by atoms with Crippen molar-refractivity contribution in [3.8, 4) is 0 Å². The van der Waals surface area contributed by atoms with Gasteiger partial charge in [0, 0.05) is 52.0 Å². The Kier molecular flexibility index (Phi) is 21.0. The number of carbonyl (C=O) groups excluding carboxylic acids is 4. The number of hydrogen-bond donors (Lipinski definition) is 1. The first-order valence-electron chi connectivity index (χ1n) is 24.2. The highest BCUT2D eigenvalue weighted by molar-refractivity contribution is 6.39. The van der Waals surface area contributed by atoms with Crippen LogP contribution in [0.2, 0.25) is 0 Å². The summed E-state index contributed by atoms with van der Waals surface area (Å²) in [7, 11) is 5.01. The number of allylic oxidation sites excluding steroid dienone is 6. The summed E-state index contributed by atoms with van der Waals surface area (Å²) in [6.07, 6.45) is 20.8. The van der Waals surface area contributed by atoms with Crippen LogP contribution in [0.5, 0.6) is 0 Å². The van der Waals surface area contributed by atoms with E-state index in [1.54, 1.807) is 28.3 Å². The van der Waals surface area contributed by atoms with Gasteiger partial charge < -0.3 is 33.7 Å². The first-order chi connectivity index (χ1) is 29.9. The second kappa shape index (κ2) is 25.1. The van der Waals surface area contributed by atoms with Crippen LogP contribution in [0.1, 0.15) is 145 Å². The smallest absolute Gasteiger partial charge is 0.329 e. The van der Waals surface area contributed by atoms with Gasteiger partial charge in [-0.05, 0) is 114 Å². The molecule has 4 rings (SSSR count). The van der Waals surface area contributed by atoms with Crippen LogP contribution >= 0.6 is 0 Å². The van der Waals surface area contributed by atoms with Crippen LogP contribution in [0.25, 0.3) is 0 Å². The van der Waals surface area contributed by atoms with Crippen LogP contribution in [-0.2, 0) is 42.9 Å². The third-order valence-corrected chi connectivity index (χ3v) is 14.8. The van der Waals surface area contributed by atoms with Crippen molar-refractivity contribution in [1.29, 1.82) is 0 Å². The topological polar surface area (TPSA) is 138 Å². The molecule has 1 amide bonds. The molecule has 0 spiro atoms. The average Bonchev–Trinajstić information content (AvgIpc) is 3.26. The summed E-state index contributed by atoms with van der Waals surface area (Å²) in [4.78, 5) is 58.0. The molecule has 3 aliphatic heterocycles. The predicted octanol–water partition coefficient (Wildman–Crippen LogP) is 9.31. The minimum atomic E-state index is -2.34. The molecule has 3 fully saturated rings. The molecule has 0 unspecified atom stereocenters. The quantitative estimate of drug-likeness (QED) is 0.156. The van der Waals surface area contributed by atoms with E-state index in [0.717, 1.165) is 49.7 Å². The molecule has 356 valence electrons. The number of methoxy groups -OCH3 is 3. The number of hydrogen-bond acceptors (Lipinski definition) is 10. The SMILES string of the molecule is CO[C@H]1CCC[C@@H](C[C@@H](C)[C@@H]2CC[C@H](C)/C=C(\C)[C@@H](C)[C@@H](OC)C(=O)[C@H](C)C[C@H](C)/C=C/C=C/C=C(\C)[C@@H](OC)C[C@@H]3CC[C@@H](C)[C@@](O)(O3)C(=O)C(=O)N3CCCC[C@H]3C(=O)O2)C1. The van der Waals surface area contributed by atoms with Gasteiger partial charge in [-0.3, -0.25) is 14.4 Å². The van der Waals surface area contributed by atoms with Gasteiger partial charge in [0.1, 0.15) is 18.2 Å². The Labute approximate surface area is 379 Å². The largest absolute Gasteiger partial charge is 0.461 e. The minimum Gasteiger partial charge on any atom is -0.461 e. The fourth-order valence-corrected chi connectivity index (χ4v) is 10.5. The zero-order valence-corrected chi connectivity index (χ0v) is 40.6. The van der Waals surface area contributed by atoms with Gasteiger partial charge in [-0.15, -0.1) is 0 Å². The van der Waals surface area contributed by atoms with Gasteiger partial charge >= 0.3 is 5.97 Å². The number of Topliss-reactive ketones (excluding diaryl/α,β-unsaturated/α-hetero) is 2. The van der Waals surface area contributed by atoms with Crippen LogP contribution < -0.4 is 0 Å². The Balaban J connectivity index is 1.67. The molecule has 0 aromatic carbocycles. The molecule has 1 saturated carbocycles. The van der Waals surface area contributed by atoms with E-state index in [-0.39, 0.29) is 54.1 Å². The van der Waals surface area contributed by atoms with Crippen LogP contribution in [-0.4, -0.2) is 104 Å². The van der Waals surface area contributed by atoms with Crippen molar-refractivity contribution in [1.82, 2.24) is 4.90 Å². The maximum atomic E-state index is 14.4. The van der Waals surface area contributed by atoms with E-state index in [0.29, 0.717) is 57.3 Å². The summed E-state index contributed by atoms with van der Waals surface area (Å²) >= 11 is 0. The fraction of sp³-hybridized carbons (Fsp3) is 0.769. The predicted molar refractivity (Wildman–Crippen MR) is 247 cm³/mol. The third kappa shape index (κ3) is 14.5. The van der Waals surface area contributed by atoms with E-state index >= 15 is 0 Å². The molecular formula is C52H83NO10. The second-order valence-corrected chi connectivity index (χ2v) is 19.9. The Bertz CT molecular complexity index is 1640. The first kappa shape index (κ1) is 52.7. The number of piperidine rings is 1. The van der Waals surface area contributed by atoms with Crippen molar-refractivity contribution < 1.29 is 48.0 Å². The average molecular weight is 882 g/mol. The minimum absolute atomic E-state index is 0.0401. The number of nitrogens with zero attached hydrogens (tertiary/aromatic N) is 1. The number of ether oxygens (including phenoxy) is 5. The van der Waals surface area contributed by atoms with Gasteiger partial charge in [-0.25, -0.2) is 4.79 Å². The molecule has 1 aliphatic carbocycles. The fourth-order valence-electron chi connectivity index (χ4n) is 10.5. The second-order valence-electron chi connectivity index (χ2n) is 19.9. The highest BCUT2D eigenvalue weighted by Crippen LogP contribution is 2.38. The highest BCUT2D eigenvalue weighted by atomic mass is 16.6. The maximum absolute atomic E-state index is 14.4. The zero-order valence-electron chi connectivity index (χ0n) is 40.6. The molecule has 0 aromatic rings. The van der Waals surface area contributed by atoms with Gasteiger partial charge in [-0.1, -0.05) is 96.4 Å². The van der Waals surface area contributed by atoms with Crippen LogP contribution in [0.3, 0.4) is 0 Å². The molecule has 2 saturated heterocycles. The summed E-state index contributed by atoms with van der Waals surface area (Å²) in [6.45, 7) is 16.4. The first-order valence-corrected chi connectivity index (χ1v) is 24.2. The number of aliphatic hydroxyl groups is 1. The molecule has 1 N–H and O–H groups in total. The van der Waals surface area contributed by atoms with E-state index in [4.69, 9.17) is 23.7 Å². The third-order valence-electron chi connectivity index (χ3n) is 14.8. The van der Waals surface area contributed by atoms with Crippen molar-refractivity contribution >= 4 is 23.4 Å². The summed E-state index contributed by atoms with van der Waals surface area (Å²) in [5, 5.41) is 12.0. The molecule has 63 heavy (non-hydrogen) atoms. The summed E-state index contributed by atoms with van der Waals surface area (Å²) < 4.78 is 30.2. The Hall–Kier alpha value is -2.96. The number of esters is 1. The van der Waals surface area contributed by atoms with Crippen molar-refractivity contribution in [2.45, 2.75) is 188 Å².